The molecule has 5 rings (SSSR count). The number of nitrogens with zero attached hydrogens (tertiary/aromatic N) is 8. The highest BCUT2D eigenvalue weighted by Gasteiger charge is 2.51. The molecule has 39 heavy (non-hydrogen) atoms. The van der Waals surface area contributed by atoms with E-state index in [4.69, 9.17) is 5.73 Å². The molecule has 3 aromatic rings. The summed E-state index contributed by atoms with van der Waals surface area (Å²) in [6, 6.07) is 3.75. The van der Waals surface area contributed by atoms with Crippen LogP contribution in [0.2, 0.25) is 0 Å². The predicted octanol–water partition coefficient (Wildman–Crippen LogP) is 0.768. The first kappa shape index (κ1) is 26.4. The standard InChI is InChI=1S/C21H16FN9O5S3/c1-29-5-6-30-12(29)3-2-11(26-30)37-7-4-10-8-38-19-14(18(33)31(19)15(10)20(34)35)24-17(32)13(27-36-9-22)16-25-21(23)39-28-16/h2-7,19H,8-9H2,1H3,(H2-,23,25,28,34,35)/p+1/b7-4+,24-14?,27-13+/t19-/m1/s1. The number of aromatic nitrogens is 5. The number of carbonyl (C=O) groups is 3. The topological polar surface area (TPSA) is 182 Å². The van der Waals surface area contributed by atoms with Crippen LogP contribution in [0.15, 0.2) is 62.5 Å². The van der Waals surface area contributed by atoms with Gasteiger partial charge in [-0.2, -0.15) is 9.36 Å². The molecule has 1 atom stereocenters. The van der Waals surface area contributed by atoms with Crippen molar-refractivity contribution in [3.63, 3.8) is 0 Å². The van der Waals surface area contributed by atoms with Crippen molar-refractivity contribution in [3.05, 3.63) is 53.1 Å². The molecular formula is C21H17FN9O5S3+. The van der Waals surface area contributed by atoms with Gasteiger partial charge in [0.15, 0.2) is 11.3 Å². The van der Waals surface area contributed by atoms with Crippen molar-refractivity contribution in [1.82, 2.24) is 23.9 Å². The molecular weight excluding hydrogens is 573 g/mol. The summed E-state index contributed by atoms with van der Waals surface area (Å²) in [5, 5.41) is 19.3. The number of rotatable bonds is 8. The molecule has 0 bridgehead atoms. The molecule has 2 amide bonds. The molecule has 14 nitrogen and oxygen atoms in total. The first-order valence-electron chi connectivity index (χ1n) is 10.9. The third-order valence-electron chi connectivity index (χ3n) is 5.40. The Kier molecular flexibility index (Phi) is 7.40. The minimum atomic E-state index is -1.32. The van der Waals surface area contributed by atoms with Gasteiger partial charge in [-0.3, -0.25) is 14.5 Å². The molecule has 1 fully saturated rings. The second-order valence-electron chi connectivity index (χ2n) is 7.76. The van der Waals surface area contributed by atoms with Crippen molar-refractivity contribution in [1.29, 1.82) is 0 Å². The number of hydrogen-bond donors (Lipinski definition) is 2. The summed E-state index contributed by atoms with van der Waals surface area (Å²) >= 11 is 3.28. The molecule has 2 aliphatic heterocycles. The lowest BCUT2D eigenvalue weighted by atomic mass is 10.1. The van der Waals surface area contributed by atoms with Crippen LogP contribution in [-0.2, 0) is 26.3 Å². The van der Waals surface area contributed by atoms with E-state index in [1.165, 1.54) is 23.5 Å². The summed E-state index contributed by atoms with van der Waals surface area (Å²) < 4.78 is 20.0. The number of nitrogens with two attached hydrogens (primary N) is 1. The number of anilines is 1. The number of carboxylic acids is 1. The Labute approximate surface area is 230 Å². The van der Waals surface area contributed by atoms with Crippen LogP contribution >= 0.6 is 35.1 Å². The monoisotopic (exact) mass is 590 g/mol. The molecule has 0 saturated carbocycles. The van der Waals surface area contributed by atoms with Gasteiger partial charge in [-0.05, 0) is 23.1 Å². The number of allylic oxidation sites excluding steroid dienone is 1. The fraction of sp³-hybridized carbons (Fsp3) is 0.190. The highest BCUT2D eigenvalue weighted by molar-refractivity contribution is 8.02. The number of halogens is 1. The van der Waals surface area contributed by atoms with Gasteiger partial charge in [0, 0.05) is 23.4 Å². The van der Waals surface area contributed by atoms with Crippen LogP contribution in [0.25, 0.3) is 5.65 Å². The number of aliphatic carboxylic acids is 1. The number of carboxylic acid groups (broad SMARTS) is 1. The average Bonchev–Trinajstić information content (AvgIpc) is 3.51. The van der Waals surface area contributed by atoms with Crippen LogP contribution in [0.4, 0.5) is 9.52 Å². The van der Waals surface area contributed by atoms with Gasteiger partial charge in [-0.25, -0.2) is 18.7 Å². The molecule has 200 valence electrons. The number of fused-ring (bicyclic) bond motifs is 2. The van der Waals surface area contributed by atoms with Crippen molar-refractivity contribution in [3.8, 4) is 0 Å². The van der Waals surface area contributed by atoms with Crippen molar-refractivity contribution in [2.24, 2.45) is 17.2 Å². The second-order valence-corrected chi connectivity index (χ2v) is 10.5. The predicted molar refractivity (Wildman–Crippen MR) is 139 cm³/mol. The van der Waals surface area contributed by atoms with E-state index in [1.54, 1.807) is 16.0 Å². The smallest absolute Gasteiger partial charge is 0.352 e. The number of alkyl halides is 1. The number of carbonyl (C=O) groups excluding carboxylic acids is 2. The van der Waals surface area contributed by atoms with E-state index < -0.39 is 35.7 Å². The third-order valence-corrected chi connectivity index (χ3v) is 7.90. The highest BCUT2D eigenvalue weighted by atomic mass is 32.2. The number of imidazole rings is 1. The van der Waals surface area contributed by atoms with Crippen LogP contribution < -0.4 is 10.3 Å². The Hall–Kier alpha value is -4.16. The Bertz CT molecular complexity index is 1630. The Morgan fingerprint density at radius 1 is 1.44 bits per heavy atom. The number of hydrogen-bond acceptors (Lipinski definition) is 12. The van der Waals surface area contributed by atoms with E-state index in [2.05, 4.69) is 29.4 Å². The number of aryl methyl sites for hydroxylation is 1. The average molecular weight is 591 g/mol. The molecule has 5 heterocycles. The minimum absolute atomic E-state index is 0.0252. The van der Waals surface area contributed by atoms with Crippen LogP contribution in [0, 0.1) is 0 Å². The van der Waals surface area contributed by atoms with E-state index in [0.29, 0.717) is 10.6 Å². The minimum Gasteiger partial charge on any atom is -0.477 e. The number of amides is 2. The number of aliphatic imine (C=N–C) groups is 1. The first-order chi connectivity index (χ1) is 18.8. The van der Waals surface area contributed by atoms with E-state index in [0.717, 1.165) is 22.1 Å². The Morgan fingerprint density at radius 2 is 2.26 bits per heavy atom. The van der Waals surface area contributed by atoms with Gasteiger partial charge < -0.3 is 15.7 Å². The van der Waals surface area contributed by atoms with Gasteiger partial charge >= 0.3 is 17.5 Å². The molecule has 18 heteroatoms. The molecule has 0 aliphatic carbocycles. The second kappa shape index (κ2) is 10.9. The summed E-state index contributed by atoms with van der Waals surface area (Å²) in [5.41, 5.74) is 5.90. The van der Waals surface area contributed by atoms with E-state index in [9.17, 15) is 23.9 Å². The number of thioether (sulfide) groups is 2. The molecule has 2 aliphatic rings. The lowest BCUT2D eigenvalue weighted by Crippen LogP contribution is -2.62. The van der Waals surface area contributed by atoms with Gasteiger partial charge in [0.2, 0.25) is 11.5 Å². The van der Waals surface area contributed by atoms with Crippen molar-refractivity contribution in [2.75, 3.05) is 18.3 Å². The summed E-state index contributed by atoms with van der Waals surface area (Å²) in [6.45, 7) is -1.32. The molecule has 3 aromatic heterocycles. The van der Waals surface area contributed by atoms with Crippen molar-refractivity contribution in [2.45, 2.75) is 10.4 Å². The third kappa shape index (κ3) is 5.12. The summed E-state index contributed by atoms with van der Waals surface area (Å²) in [6.07, 6.45) is 5.31. The largest absolute Gasteiger partial charge is 0.477 e. The zero-order valence-corrected chi connectivity index (χ0v) is 22.2. The number of β-lactam (4-membered cyclic amide) rings is 1. The van der Waals surface area contributed by atoms with E-state index >= 15 is 0 Å². The van der Waals surface area contributed by atoms with Crippen LogP contribution in [0.5, 0.6) is 0 Å². The van der Waals surface area contributed by atoms with E-state index in [1.807, 2.05) is 36.1 Å². The fourth-order valence-electron chi connectivity index (χ4n) is 3.67. The summed E-state index contributed by atoms with van der Waals surface area (Å²) in [4.78, 5) is 50.7. The lowest BCUT2D eigenvalue weighted by Gasteiger charge is -2.44. The zero-order valence-electron chi connectivity index (χ0n) is 19.8. The SMILES string of the molecule is C[n+]1ccn2nc(S/C=C/C3=C(C(=O)O)N4C(=O)C(=NC(=O)/C(=N/OCF)c5nsc(N)n5)[C@H]4SC3)ccc21. The van der Waals surface area contributed by atoms with Gasteiger partial charge in [-0.1, -0.05) is 22.0 Å². The molecule has 0 unspecified atom stereocenters. The fourth-order valence-corrected chi connectivity index (χ4v) is 5.99. The molecule has 0 radical (unpaired) electrons. The summed E-state index contributed by atoms with van der Waals surface area (Å²) in [5.74, 6) is -3.13. The van der Waals surface area contributed by atoms with Gasteiger partial charge in [0.25, 0.3) is 12.8 Å². The highest BCUT2D eigenvalue weighted by Crippen LogP contribution is 2.39. The lowest BCUT2D eigenvalue weighted by molar-refractivity contribution is -0.644. The Balaban J connectivity index is 1.35. The number of nitrogen functional groups attached to an aromatic ring is 1. The van der Waals surface area contributed by atoms with Gasteiger partial charge in [-0.15, -0.1) is 16.3 Å². The molecule has 0 aromatic carbocycles. The maximum Gasteiger partial charge on any atom is 0.352 e. The normalized spacial score (nSPS) is 18.7. The quantitative estimate of drug-likeness (QED) is 0.124. The van der Waals surface area contributed by atoms with Gasteiger partial charge in [0.1, 0.15) is 28.0 Å². The van der Waals surface area contributed by atoms with Crippen molar-refractivity contribution < 1.29 is 33.3 Å². The Morgan fingerprint density at radius 3 is 2.97 bits per heavy atom. The van der Waals surface area contributed by atoms with Crippen molar-refractivity contribution >= 4 is 75.0 Å². The molecule has 1 saturated heterocycles. The van der Waals surface area contributed by atoms with Crippen LogP contribution in [-0.4, -0.2) is 76.2 Å². The van der Waals surface area contributed by atoms with Crippen LogP contribution in [0.1, 0.15) is 5.82 Å². The molecule has 3 N–H and O–H groups in total. The van der Waals surface area contributed by atoms with Gasteiger partial charge in [0.05, 0.1) is 7.05 Å². The number of oxime groups is 1. The van der Waals surface area contributed by atoms with E-state index in [-0.39, 0.29) is 28.1 Å². The van der Waals surface area contributed by atoms with Crippen LogP contribution in [0.3, 0.4) is 0 Å². The molecule has 0 spiro atoms. The maximum atomic E-state index is 12.9. The first-order valence-corrected chi connectivity index (χ1v) is 13.6. The zero-order chi connectivity index (χ0) is 27.7. The maximum absolute atomic E-state index is 12.9. The summed E-state index contributed by atoms with van der Waals surface area (Å²) in [7, 11) is 1.91.